The molecule has 0 radical (unpaired) electrons. The van der Waals surface area contributed by atoms with E-state index in [0.717, 1.165) is 38.5 Å². The summed E-state index contributed by atoms with van der Waals surface area (Å²) in [5.41, 5.74) is 0.183. The number of carbonyl (C=O) groups excluding carboxylic acids is 1. The molecule has 4 rings (SSSR count). The van der Waals surface area contributed by atoms with Crippen LogP contribution in [0.25, 0.3) is 5.65 Å². The van der Waals surface area contributed by atoms with E-state index < -0.39 is 5.60 Å². The average Bonchev–Trinajstić information content (AvgIpc) is 3.11. The van der Waals surface area contributed by atoms with E-state index in [2.05, 4.69) is 10.1 Å². The number of aliphatic hydroxyl groups is 1. The van der Waals surface area contributed by atoms with Crippen LogP contribution in [0.4, 0.5) is 0 Å². The van der Waals surface area contributed by atoms with E-state index in [1.165, 1.54) is 10.6 Å². The van der Waals surface area contributed by atoms with Gasteiger partial charge in [-0.05, 0) is 32.1 Å². The van der Waals surface area contributed by atoms with Crippen LogP contribution in [-0.4, -0.2) is 42.7 Å². The van der Waals surface area contributed by atoms with Gasteiger partial charge in [-0.1, -0.05) is 19.3 Å². The van der Waals surface area contributed by atoms with Crippen molar-refractivity contribution in [2.75, 3.05) is 6.54 Å². The Labute approximate surface area is 152 Å². The number of hydrogen-bond acceptors (Lipinski definition) is 4. The molecule has 3 heterocycles. The summed E-state index contributed by atoms with van der Waals surface area (Å²) in [6.45, 7) is 0.660. The van der Waals surface area contributed by atoms with Crippen LogP contribution in [0.5, 0.6) is 0 Å². The largest absolute Gasteiger partial charge is 0.389 e. The maximum absolute atomic E-state index is 13.0. The van der Waals surface area contributed by atoms with Crippen LogP contribution >= 0.6 is 0 Å². The number of rotatable bonds is 3. The number of likely N-dealkylation sites (tertiary alicyclic amines) is 1. The van der Waals surface area contributed by atoms with Crippen LogP contribution in [0.15, 0.2) is 23.1 Å². The van der Waals surface area contributed by atoms with Gasteiger partial charge in [0.05, 0.1) is 23.8 Å². The van der Waals surface area contributed by atoms with Gasteiger partial charge in [0.1, 0.15) is 0 Å². The van der Waals surface area contributed by atoms with E-state index in [1.807, 2.05) is 4.90 Å². The highest BCUT2D eigenvalue weighted by Gasteiger charge is 2.36. The Morgan fingerprint density at radius 2 is 2.08 bits per heavy atom. The number of amides is 1. The molecule has 2 aromatic heterocycles. The first kappa shape index (κ1) is 17.3. The molecule has 1 atom stereocenters. The number of aromatic nitrogens is 3. The van der Waals surface area contributed by atoms with Crippen molar-refractivity contribution in [3.8, 4) is 0 Å². The number of carbonyl (C=O) groups is 1. The topological polar surface area (TPSA) is 90.7 Å². The fraction of sp³-hybridized carbons (Fsp3) is 0.632. The van der Waals surface area contributed by atoms with Gasteiger partial charge in [0.15, 0.2) is 5.65 Å². The van der Waals surface area contributed by atoms with Crippen LogP contribution in [0.2, 0.25) is 0 Å². The molecular weight excluding hydrogens is 332 g/mol. The number of hydrogen-bond donors (Lipinski definition) is 2. The molecule has 1 aliphatic heterocycles. The van der Waals surface area contributed by atoms with Gasteiger partial charge in [0.2, 0.25) is 5.91 Å². The van der Waals surface area contributed by atoms with Gasteiger partial charge in [0, 0.05) is 24.9 Å². The zero-order valence-electron chi connectivity index (χ0n) is 15.0. The third-order valence-corrected chi connectivity index (χ3v) is 5.83. The van der Waals surface area contributed by atoms with E-state index in [4.69, 9.17) is 0 Å². The minimum atomic E-state index is -0.866. The summed E-state index contributed by atoms with van der Waals surface area (Å²) < 4.78 is 1.39. The summed E-state index contributed by atoms with van der Waals surface area (Å²) in [4.78, 5) is 31.7. The fourth-order valence-corrected chi connectivity index (χ4v) is 4.42. The standard InChI is InChI=1S/C19H26N4O3/c24-17-12-14(21-16-7-10-20-23(16)17)15-6-2-5-11-22(15)18(25)13-19(26)8-3-1-4-9-19/h7,10,12,15,20,26H,1-6,8-9,11,13H2. The lowest BCUT2D eigenvalue weighted by Gasteiger charge is -2.38. The van der Waals surface area contributed by atoms with E-state index in [1.54, 1.807) is 12.3 Å². The molecule has 1 saturated carbocycles. The Balaban J connectivity index is 1.59. The Morgan fingerprint density at radius 3 is 2.88 bits per heavy atom. The smallest absolute Gasteiger partial charge is 0.272 e. The molecular formula is C19H26N4O3. The van der Waals surface area contributed by atoms with E-state index in [0.29, 0.717) is 30.7 Å². The average molecular weight is 358 g/mol. The second-order valence-corrected chi connectivity index (χ2v) is 7.74. The third-order valence-electron chi connectivity index (χ3n) is 5.83. The second kappa shape index (κ2) is 6.87. The summed E-state index contributed by atoms with van der Waals surface area (Å²) in [6.07, 6.45) is 9.11. The Bertz CT molecular complexity index is 850. The highest BCUT2D eigenvalue weighted by atomic mass is 16.3. The summed E-state index contributed by atoms with van der Waals surface area (Å²) in [7, 11) is 0. The van der Waals surface area contributed by atoms with Crippen molar-refractivity contribution in [1.29, 1.82) is 0 Å². The van der Waals surface area contributed by atoms with Crippen molar-refractivity contribution in [3.05, 3.63) is 34.4 Å². The quantitative estimate of drug-likeness (QED) is 0.880. The van der Waals surface area contributed by atoms with Crippen molar-refractivity contribution in [2.45, 2.75) is 69.4 Å². The second-order valence-electron chi connectivity index (χ2n) is 7.74. The SMILES string of the molecule is O=C(CC1(O)CCCCC1)N1CCCCC1c1cc(=O)n2[nH]ccc2n1. The minimum absolute atomic E-state index is 0.0184. The maximum atomic E-state index is 13.0. The minimum Gasteiger partial charge on any atom is -0.389 e. The van der Waals surface area contributed by atoms with E-state index in [9.17, 15) is 14.7 Å². The summed E-state index contributed by atoms with van der Waals surface area (Å²) >= 11 is 0. The molecule has 0 spiro atoms. The molecule has 7 nitrogen and oxygen atoms in total. The zero-order chi connectivity index (χ0) is 18.1. The highest BCUT2D eigenvalue weighted by Crippen LogP contribution is 2.35. The van der Waals surface area contributed by atoms with Gasteiger partial charge in [-0.3, -0.25) is 14.7 Å². The lowest BCUT2D eigenvalue weighted by molar-refractivity contribution is -0.141. The molecule has 2 aliphatic rings. The predicted molar refractivity (Wildman–Crippen MR) is 96.8 cm³/mol. The van der Waals surface area contributed by atoms with Crippen LogP contribution in [0, 0.1) is 0 Å². The van der Waals surface area contributed by atoms with Gasteiger partial charge in [-0.25, -0.2) is 9.50 Å². The first-order chi connectivity index (χ1) is 12.6. The van der Waals surface area contributed by atoms with Crippen LogP contribution in [0.3, 0.4) is 0 Å². The Morgan fingerprint density at radius 1 is 1.27 bits per heavy atom. The summed E-state index contributed by atoms with van der Waals surface area (Å²) in [5.74, 6) is -0.0184. The van der Waals surface area contributed by atoms with E-state index in [-0.39, 0.29) is 23.9 Å². The number of nitrogens with one attached hydrogen (secondary N) is 1. The van der Waals surface area contributed by atoms with Crippen molar-refractivity contribution < 1.29 is 9.90 Å². The van der Waals surface area contributed by atoms with Crippen LogP contribution in [-0.2, 0) is 4.79 Å². The highest BCUT2D eigenvalue weighted by molar-refractivity contribution is 5.78. The molecule has 7 heteroatoms. The first-order valence-electron chi connectivity index (χ1n) is 9.65. The number of nitrogens with zero attached hydrogens (tertiary/aromatic N) is 3. The fourth-order valence-electron chi connectivity index (χ4n) is 4.42. The normalized spacial score (nSPS) is 23.3. The van der Waals surface area contributed by atoms with Gasteiger partial charge in [0.25, 0.3) is 5.56 Å². The lowest BCUT2D eigenvalue weighted by Crippen LogP contribution is -2.44. The molecule has 2 N–H and O–H groups in total. The van der Waals surface area contributed by atoms with Crippen molar-refractivity contribution in [1.82, 2.24) is 19.5 Å². The Hall–Kier alpha value is -2.15. The summed E-state index contributed by atoms with van der Waals surface area (Å²) in [6, 6.07) is 3.09. The number of piperidine rings is 1. The molecule has 0 aromatic carbocycles. The molecule has 1 aliphatic carbocycles. The third kappa shape index (κ3) is 3.28. The Kier molecular flexibility index (Phi) is 4.56. The molecule has 140 valence electrons. The van der Waals surface area contributed by atoms with Crippen molar-refractivity contribution in [2.24, 2.45) is 0 Å². The molecule has 1 saturated heterocycles. The number of H-pyrrole nitrogens is 1. The predicted octanol–water partition coefficient (Wildman–Crippen LogP) is 2.16. The number of aromatic amines is 1. The molecule has 0 bridgehead atoms. The first-order valence-corrected chi connectivity index (χ1v) is 9.65. The van der Waals surface area contributed by atoms with E-state index >= 15 is 0 Å². The van der Waals surface area contributed by atoms with Gasteiger partial charge < -0.3 is 10.0 Å². The van der Waals surface area contributed by atoms with Crippen LogP contribution in [0.1, 0.15) is 69.5 Å². The van der Waals surface area contributed by atoms with Gasteiger partial charge in [-0.15, -0.1) is 0 Å². The molecule has 26 heavy (non-hydrogen) atoms. The van der Waals surface area contributed by atoms with Gasteiger partial charge in [-0.2, -0.15) is 0 Å². The zero-order valence-corrected chi connectivity index (χ0v) is 15.0. The van der Waals surface area contributed by atoms with Crippen molar-refractivity contribution >= 4 is 11.6 Å². The lowest BCUT2D eigenvalue weighted by atomic mass is 9.82. The molecule has 2 aromatic rings. The molecule has 1 unspecified atom stereocenters. The summed E-state index contributed by atoms with van der Waals surface area (Å²) in [5, 5.41) is 13.6. The van der Waals surface area contributed by atoms with Crippen LogP contribution < -0.4 is 5.56 Å². The maximum Gasteiger partial charge on any atom is 0.272 e. The van der Waals surface area contributed by atoms with Gasteiger partial charge >= 0.3 is 0 Å². The molecule has 2 fully saturated rings. The number of fused-ring (bicyclic) bond motifs is 1. The molecule has 1 amide bonds. The van der Waals surface area contributed by atoms with Crippen molar-refractivity contribution in [3.63, 3.8) is 0 Å². The monoisotopic (exact) mass is 358 g/mol.